The third-order valence-corrected chi connectivity index (χ3v) is 19.1. The number of aromatic nitrogens is 7. The van der Waals surface area contributed by atoms with Crippen molar-refractivity contribution < 1.29 is 95.7 Å². The average molecular weight is 1580 g/mol. The van der Waals surface area contributed by atoms with Crippen molar-refractivity contribution >= 4 is 95.8 Å². The lowest BCUT2D eigenvalue weighted by molar-refractivity contribution is -0.148. The number of benzene rings is 4. The number of carbonyl (C=O) groups is 5. The lowest BCUT2D eigenvalue weighted by Gasteiger charge is -2.32. The number of urea groups is 1. The van der Waals surface area contributed by atoms with Gasteiger partial charge >= 0.3 is 42.3 Å². The molecule has 0 saturated heterocycles. The summed E-state index contributed by atoms with van der Waals surface area (Å²) in [5.74, 6) is -4.37. The number of aromatic amines is 1. The maximum Gasteiger partial charge on any atom is 0.451 e. The molecule has 1 unspecified atom stereocenters. The van der Waals surface area contributed by atoms with Crippen molar-refractivity contribution in [1.82, 2.24) is 38.8 Å². The van der Waals surface area contributed by atoms with Crippen molar-refractivity contribution in [2.75, 3.05) is 56.7 Å². The van der Waals surface area contributed by atoms with Gasteiger partial charge < -0.3 is 33.6 Å². The standard InChI is InChI=1S/C23H32N2O4.C16H18Cl2N2O4.C16H17N3O5S.C13H9F6N5O4S/c1-7-16-13-15(3)14-17(8-2)18(16)19-20(26)24-9-11-28-12-10-25(24)21(19)29-22(27)23(4,5)6;1-4-23-14(21)12-9-16(3,15(22)24-5-2)20(19-12)13-7-6-10(17)8-11(13)18;1-9-10(15(20)11-8-17-19(2)16(11)21)4-5-13(25(3,22)23)14(9)12-6-7-24-18-12;1-28-11-21-8(13(17,18)19)20-9(23-11)22-10(25)24-29(26,27)7-5-3-2-4-6(7)12(14,15)16/h13-14H,7-12H2,1-6H3;6-8H,4-5,9H2,1-3H3;4-5,8,17H,6-7H2,1-3H3;2-5H,1H3,(H2,20,21,22,23,24,25). The number of hydrogen-bond donors (Lipinski definition) is 3. The summed E-state index contributed by atoms with van der Waals surface area (Å²) in [5.41, 5.74) is 2.95. The summed E-state index contributed by atoms with van der Waals surface area (Å²) in [4.78, 5) is 100. The Hall–Kier alpha value is -9.98. The van der Waals surface area contributed by atoms with Gasteiger partial charge in [0.05, 0.1) is 83.8 Å². The first-order chi connectivity index (χ1) is 50.0. The SMILES string of the molecule is CCOC(=O)C1=NN(c2ccc(Cl)cc2Cl)C(C)(C(=O)OCC)C1.CCc1cc(C)cc(CC)c1-c1c(OC(=O)C(C)(C)C)n2n(c1=O)CCOCC2.COc1nc(NC(=O)NS(=O)(=O)c2ccccc2C(F)(F)F)nc(C(F)(F)F)n1.Cc1c(C(=O)c2c[nH]n(C)c2=O)ccc(S(C)(=O)=O)c1C1=NOCC1. The Balaban J connectivity index is 0.000000200. The second-order valence-corrected chi connectivity index (χ2v) is 29.4. The number of amides is 2. The third kappa shape index (κ3) is 19.8. The van der Waals surface area contributed by atoms with E-state index < -0.39 is 101 Å². The Morgan fingerprint density at radius 1 is 0.757 bits per heavy atom. The number of nitrogens with zero attached hydrogens (tertiary/aromatic N) is 9. The molecule has 3 N–H and O–H groups in total. The zero-order valence-corrected chi connectivity index (χ0v) is 63.2. The Kier molecular flexibility index (Phi) is 27.0. The first-order valence-corrected chi connectivity index (χ1v) is 36.7. The van der Waals surface area contributed by atoms with Crippen molar-refractivity contribution in [3.05, 3.63) is 154 Å². The van der Waals surface area contributed by atoms with E-state index in [4.69, 9.17) is 47.0 Å². The summed E-state index contributed by atoms with van der Waals surface area (Å²) >= 11 is 12.2. The van der Waals surface area contributed by atoms with Gasteiger partial charge in [0.15, 0.2) is 21.2 Å². The fourth-order valence-electron chi connectivity index (χ4n) is 10.9. The summed E-state index contributed by atoms with van der Waals surface area (Å²) < 4.78 is 157. The number of halogens is 8. The van der Waals surface area contributed by atoms with Crippen LogP contribution in [0.1, 0.15) is 123 Å². The van der Waals surface area contributed by atoms with Gasteiger partial charge in [-0.3, -0.25) is 29.2 Å². The van der Waals surface area contributed by atoms with Gasteiger partial charge in [-0.05, 0) is 133 Å². The molecular weight excluding hydrogens is 1510 g/mol. The number of hydrazone groups is 1. The summed E-state index contributed by atoms with van der Waals surface area (Å²) in [7, 11) is -6.16. The minimum atomic E-state index is -5.05. The van der Waals surface area contributed by atoms with Gasteiger partial charge in [0.2, 0.25) is 17.7 Å². The Bertz CT molecular complexity index is 4970. The van der Waals surface area contributed by atoms with Gasteiger partial charge in [0, 0.05) is 48.5 Å². The summed E-state index contributed by atoms with van der Waals surface area (Å²) in [6, 6.07) is 12.3. The smallest absolute Gasteiger partial charge is 0.451 e. The summed E-state index contributed by atoms with van der Waals surface area (Å²) in [5, 5.41) is 14.6. The number of anilines is 2. The van der Waals surface area contributed by atoms with Crippen molar-refractivity contribution in [3.63, 3.8) is 0 Å². The minimum absolute atomic E-state index is 0.00623. The van der Waals surface area contributed by atoms with E-state index in [9.17, 15) is 76.7 Å². The number of methoxy groups -OCH3 is 1. The maximum atomic E-state index is 13.5. The van der Waals surface area contributed by atoms with Crippen LogP contribution in [-0.4, -0.2) is 144 Å². The van der Waals surface area contributed by atoms with Crippen LogP contribution >= 0.6 is 23.2 Å². The van der Waals surface area contributed by atoms with E-state index in [1.807, 2.05) is 20.8 Å². The lowest BCUT2D eigenvalue weighted by atomic mass is 9.91. The molecule has 10 rings (SSSR count). The molecule has 0 bridgehead atoms. The van der Waals surface area contributed by atoms with Crippen LogP contribution in [0.3, 0.4) is 0 Å². The van der Waals surface area contributed by atoms with E-state index in [1.54, 1.807) is 60.6 Å². The van der Waals surface area contributed by atoms with Gasteiger partial charge in [0.1, 0.15) is 23.4 Å². The number of fused-ring (bicyclic) bond motifs is 1. The molecule has 7 aromatic rings. The second kappa shape index (κ2) is 34.3. The van der Waals surface area contributed by atoms with E-state index >= 15 is 0 Å². The van der Waals surface area contributed by atoms with Crippen LogP contribution in [0.5, 0.6) is 11.9 Å². The number of sulfone groups is 1. The maximum absolute atomic E-state index is 13.5. The van der Waals surface area contributed by atoms with Crippen LogP contribution in [0.15, 0.2) is 103 Å². The number of hydrogen-bond acceptors (Lipinski definition) is 23. The highest BCUT2D eigenvalue weighted by molar-refractivity contribution is 7.91. The number of H-pyrrole nitrogens is 1. The largest absolute Gasteiger partial charge is 0.467 e. The molecule has 0 fully saturated rings. The molecule has 29 nitrogen and oxygen atoms in total. The van der Waals surface area contributed by atoms with Gasteiger partial charge in [-0.2, -0.15) is 46.4 Å². The van der Waals surface area contributed by atoms with Gasteiger partial charge in [-0.15, -0.1) is 0 Å². The molecule has 2 amide bonds. The molecule has 578 valence electrons. The van der Waals surface area contributed by atoms with E-state index in [0.717, 1.165) is 55.0 Å². The number of oxime groups is 1. The predicted molar refractivity (Wildman–Crippen MR) is 379 cm³/mol. The molecule has 3 aromatic heterocycles. The van der Waals surface area contributed by atoms with E-state index in [1.165, 1.54) is 45.4 Å². The zero-order valence-electron chi connectivity index (χ0n) is 60.0. The molecule has 0 spiro atoms. The molecule has 3 aliphatic rings. The average Bonchev–Trinajstić information content (AvgIpc) is 1.64. The van der Waals surface area contributed by atoms with Crippen molar-refractivity contribution in [3.8, 4) is 23.0 Å². The first-order valence-electron chi connectivity index (χ1n) is 32.6. The molecule has 6 heterocycles. The molecule has 0 saturated carbocycles. The van der Waals surface area contributed by atoms with E-state index in [2.05, 4.69) is 67.9 Å². The summed E-state index contributed by atoms with van der Waals surface area (Å²) in [6.07, 6.45) is -5.56. The number of aryl methyl sites for hydroxylation is 4. The van der Waals surface area contributed by atoms with Crippen molar-refractivity contribution in [1.29, 1.82) is 0 Å². The second-order valence-electron chi connectivity index (χ2n) is 24.9. The van der Waals surface area contributed by atoms with Crippen molar-refractivity contribution in [2.24, 2.45) is 22.7 Å². The number of rotatable bonds is 17. The molecule has 4 aromatic carbocycles. The topological polar surface area (TPSA) is 364 Å². The van der Waals surface area contributed by atoms with Crippen LogP contribution in [0, 0.1) is 19.3 Å². The number of nitrogens with one attached hydrogen (secondary N) is 3. The van der Waals surface area contributed by atoms with Gasteiger partial charge in [0.25, 0.3) is 21.1 Å². The number of alkyl halides is 6. The van der Waals surface area contributed by atoms with E-state index in [-0.39, 0.29) is 52.9 Å². The molecule has 1 atom stereocenters. The molecule has 3 aliphatic heterocycles. The number of ether oxygens (including phenoxy) is 5. The highest BCUT2D eigenvalue weighted by Crippen LogP contribution is 2.41. The Morgan fingerprint density at radius 3 is 1.93 bits per heavy atom. The van der Waals surface area contributed by atoms with Crippen LogP contribution in [-0.2, 0) is 98.6 Å². The molecular formula is C68H76Cl2F6N12O17S2. The Labute approximate surface area is 619 Å². The van der Waals surface area contributed by atoms with E-state index in [0.29, 0.717) is 95.5 Å². The zero-order chi connectivity index (χ0) is 79.6. The highest BCUT2D eigenvalue weighted by Gasteiger charge is 2.50. The molecule has 107 heavy (non-hydrogen) atoms. The lowest BCUT2D eigenvalue weighted by Crippen LogP contribution is -2.48. The quantitative estimate of drug-likeness (QED) is 0.0433. The van der Waals surface area contributed by atoms with Crippen LogP contribution in [0.25, 0.3) is 11.1 Å². The number of carbonyl (C=O) groups excluding carboxylic acids is 5. The molecule has 0 aliphatic carbocycles. The highest BCUT2D eigenvalue weighted by atomic mass is 35.5. The van der Waals surface area contributed by atoms with Gasteiger partial charge in [-0.1, -0.05) is 72.0 Å². The van der Waals surface area contributed by atoms with Crippen LogP contribution in [0.4, 0.5) is 42.8 Å². The van der Waals surface area contributed by atoms with Crippen LogP contribution in [0.2, 0.25) is 10.0 Å². The number of ketones is 1. The summed E-state index contributed by atoms with van der Waals surface area (Å²) in [6.45, 7) is 21.0. The normalized spacial score (nSPS) is 15.1. The molecule has 39 heteroatoms. The fraction of sp³-hybridized carbons (Fsp3) is 0.412. The van der Waals surface area contributed by atoms with Gasteiger partial charge in [-0.25, -0.2) is 50.3 Å². The Morgan fingerprint density at radius 2 is 1.39 bits per heavy atom. The number of esters is 3. The minimum Gasteiger partial charge on any atom is -0.467 e. The van der Waals surface area contributed by atoms with Crippen LogP contribution < -0.4 is 35.6 Å². The third-order valence-electron chi connectivity index (χ3n) is 16.0. The van der Waals surface area contributed by atoms with Crippen molar-refractivity contribution in [2.45, 2.75) is 136 Å². The predicted octanol–water partition coefficient (Wildman–Crippen LogP) is 10.4. The first kappa shape index (κ1) is 84.3. The fourth-order valence-corrected chi connectivity index (χ4v) is 13.5. The monoisotopic (exact) mass is 1580 g/mol. The number of sulfonamides is 1. The molecule has 0 radical (unpaired) electrons.